The third-order valence-electron chi connectivity index (χ3n) is 7.07. The molecule has 1 fully saturated rings. The molecule has 33 heavy (non-hydrogen) atoms. The summed E-state index contributed by atoms with van der Waals surface area (Å²) in [5.41, 5.74) is 3.08. The van der Waals surface area contributed by atoms with Gasteiger partial charge in [-0.05, 0) is 49.3 Å². The smallest absolute Gasteiger partial charge is 0.293 e. The predicted octanol–water partition coefficient (Wildman–Crippen LogP) is 3.64. The van der Waals surface area contributed by atoms with E-state index in [0.717, 1.165) is 55.8 Å². The van der Waals surface area contributed by atoms with Crippen LogP contribution in [0.15, 0.2) is 54.6 Å². The van der Waals surface area contributed by atoms with Crippen molar-refractivity contribution >= 4 is 17.5 Å². The predicted molar refractivity (Wildman–Crippen MR) is 126 cm³/mol. The highest BCUT2D eigenvalue weighted by Crippen LogP contribution is 2.41. The summed E-state index contributed by atoms with van der Waals surface area (Å²) >= 11 is 0. The van der Waals surface area contributed by atoms with Crippen LogP contribution in [0, 0.1) is 12.3 Å². The number of carbonyl (C=O) groups excluding carboxylic acids is 2. The molecule has 2 aliphatic rings. The van der Waals surface area contributed by atoms with Gasteiger partial charge >= 0.3 is 0 Å². The Hall–Kier alpha value is -3.48. The van der Waals surface area contributed by atoms with Crippen molar-refractivity contribution in [2.24, 2.45) is 5.41 Å². The Kier molecular flexibility index (Phi) is 5.70. The first kappa shape index (κ1) is 21.4. The zero-order valence-electron chi connectivity index (χ0n) is 19.0. The Morgan fingerprint density at radius 1 is 0.970 bits per heavy atom. The van der Waals surface area contributed by atoms with Crippen LogP contribution in [-0.4, -0.2) is 44.6 Å². The highest BCUT2D eigenvalue weighted by molar-refractivity contribution is 6.01. The number of carbonyl (C=O) groups is 2. The highest BCUT2D eigenvalue weighted by atomic mass is 16.2. The molecule has 1 aromatic heterocycles. The summed E-state index contributed by atoms with van der Waals surface area (Å²) in [7, 11) is 0. The summed E-state index contributed by atoms with van der Waals surface area (Å²) in [5.74, 6) is 1.17. The minimum atomic E-state index is -0.239. The number of hydrogen-bond acceptors (Lipinski definition) is 4. The Morgan fingerprint density at radius 2 is 1.73 bits per heavy atom. The van der Waals surface area contributed by atoms with Gasteiger partial charge in [0.2, 0.25) is 11.7 Å². The first-order valence-corrected chi connectivity index (χ1v) is 11.6. The second kappa shape index (κ2) is 8.81. The quantitative estimate of drug-likeness (QED) is 0.668. The van der Waals surface area contributed by atoms with Gasteiger partial charge in [-0.3, -0.25) is 9.59 Å². The van der Waals surface area contributed by atoms with Gasteiger partial charge in [0.05, 0.1) is 6.42 Å². The summed E-state index contributed by atoms with van der Waals surface area (Å²) < 4.78 is 1.96. The van der Waals surface area contributed by atoms with Crippen LogP contribution in [0.1, 0.15) is 46.8 Å². The van der Waals surface area contributed by atoms with Gasteiger partial charge in [-0.25, -0.2) is 0 Å². The molecule has 1 atom stereocenters. The zero-order chi connectivity index (χ0) is 22.8. The summed E-state index contributed by atoms with van der Waals surface area (Å²) in [6.45, 7) is 4.33. The van der Waals surface area contributed by atoms with Crippen LogP contribution in [-0.2, 0) is 24.2 Å². The van der Waals surface area contributed by atoms with Crippen molar-refractivity contribution in [3.05, 3.63) is 77.4 Å². The van der Waals surface area contributed by atoms with Crippen molar-refractivity contribution in [1.82, 2.24) is 19.7 Å². The number of para-hydroxylation sites is 1. The molecular weight excluding hydrogens is 414 g/mol. The summed E-state index contributed by atoms with van der Waals surface area (Å²) in [5, 5.41) is 11.4. The SMILES string of the molecule is Cc1ccc(CC(=O)N2CCC3(CCc4nnc(C(=O)Nc5ccccc5)n4CC3)C2)cc1. The molecule has 7 heteroatoms. The van der Waals surface area contributed by atoms with Crippen LogP contribution in [0.25, 0.3) is 0 Å². The van der Waals surface area contributed by atoms with Gasteiger partial charge in [-0.2, -0.15) is 0 Å². The summed E-state index contributed by atoms with van der Waals surface area (Å²) in [6, 6.07) is 17.6. The van der Waals surface area contributed by atoms with Crippen LogP contribution in [0.5, 0.6) is 0 Å². The van der Waals surface area contributed by atoms with E-state index in [9.17, 15) is 9.59 Å². The lowest BCUT2D eigenvalue weighted by Gasteiger charge is -2.27. The molecular formula is C26H29N5O2. The van der Waals surface area contributed by atoms with Gasteiger partial charge in [-0.1, -0.05) is 48.0 Å². The lowest BCUT2D eigenvalue weighted by Crippen LogP contribution is -2.33. The van der Waals surface area contributed by atoms with E-state index in [1.165, 1.54) is 5.56 Å². The van der Waals surface area contributed by atoms with Crippen molar-refractivity contribution in [1.29, 1.82) is 0 Å². The molecule has 1 saturated heterocycles. The van der Waals surface area contributed by atoms with Crippen LogP contribution >= 0.6 is 0 Å². The van der Waals surface area contributed by atoms with Crippen molar-refractivity contribution in [2.45, 2.75) is 45.6 Å². The van der Waals surface area contributed by atoms with Crippen LogP contribution in [0.4, 0.5) is 5.69 Å². The molecule has 170 valence electrons. The molecule has 7 nitrogen and oxygen atoms in total. The van der Waals surface area contributed by atoms with Gasteiger partial charge in [-0.15, -0.1) is 10.2 Å². The first-order valence-electron chi connectivity index (χ1n) is 11.6. The van der Waals surface area contributed by atoms with E-state index in [-0.39, 0.29) is 17.2 Å². The lowest BCUT2D eigenvalue weighted by molar-refractivity contribution is -0.129. The monoisotopic (exact) mass is 443 g/mol. The molecule has 5 rings (SSSR count). The number of aryl methyl sites for hydroxylation is 2. The Bertz CT molecular complexity index is 1160. The number of benzene rings is 2. The zero-order valence-corrected chi connectivity index (χ0v) is 19.0. The van der Waals surface area contributed by atoms with E-state index < -0.39 is 0 Å². The van der Waals surface area contributed by atoms with E-state index in [2.05, 4.69) is 34.6 Å². The van der Waals surface area contributed by atoms with Crippen molar-refractivity contribution in [3.8, 4) is 0 Å². The molecule has 0 bridgehead atoms. The van der Waals surface area contributed by atoms with Crippen LogP contribution < -0.4 is 5.32 Å². The minimum absolute atomic E-state index is 0.0802. The number of anilines is 1. The second-order valence-electron chi connectivity index (χ2n) is 9.39. The molecule has 1 unspecified atom stereocenters. The maximum absolute atomic E-state index is 12.9. The lowest BCUT2D eigenvalue weighted by atomic mass is 9.80. The third kappa shape index (κ3) is 4.53. The van der Waals surface area contributed by atoms with Crippen LogP contribution in [0.2, 0.25) is 0 Å². The normalized spacial score (nSPS) is 19.8. The van der Waals surface area contributed by atoms with Gasteiger partial charge in [0, 0.05) is 31.7 Å². The molecule has 0 radical (unpaired) electrons. The number of hydrogen-bond donors (Lipinski definition) is 1. The van der Waals surface area contributed by atoms with Crippen molar-refractivity contribution < 1.29 is 9.59 Å². The van der Waals surface area contributed by atoms with E-state index in [0.29, 0.717) is 18.8 Å². The van der Waals surface area contributed by atoms with E-state index in [1.54, 1.807) is 0 Å². The number of amides is 2. The maximum Gasteiger partial charge on any atom is 0.293 e. The molecule has 3 aromatic rings. The Labute approximate surface area is 193 Å². The fourth-order valence-corrected chi connectivity index (χ4v) is 5.03. The molecule has 1 N–H and O–H groups in total. The molecule has 2 aromatic carbocycles. The van der Waals surface area contributed by atoms with Crippen LogP contribution in [0.3, 0.4) is 0 Å². The number of aromatic nitrogens is 3. The highest BCUT2D eigenvalue weighted by Gasteiger charge is 2.41. The average molecular weight is 444 g/mol. The van der Waals surface area contributed by atoms with Gasteiger partial charge in [0.25, 0.3) is 5.91 Å². The molecule has 2 aliphatic heterocycles. The topological polar surface area (TPSA) is 80.1 Å². The fourth-order valence-electron chi connectivity index (χ4n) is 5.03. The van der Waals surface area contributed by atoms with Gasteiger partial charge in [0.15, 0.2) is 0 Å². The van der Waals surface area contributed by atoms with Crippen molar-refractivity contribution in [2.75, 3.05) is 18.4 Å². The third-order valence-corrected chi connectivity index (χ3v) is 7.07. The number of nitrogens with zero attached hydrogens (tertiary/aromatic N) is 4. The van der Waals surface area contributed by atoms with Crippen molar-refractivity contribution in [3.63, 3.8) is 0 Å². The molecule has 2 amide bonds. The molecule has 3 heterocycles. The number of likely N-dealkylation sites (tertiary alicyclic amines) is 1. The summed E-state index contributed by atoms with van der Waals surface area (Å²) in [4.78, 5) is 27.8. The summed E-state index contributed by atoms with van der Waals surface area (Å²) in [6.07, 6.45) is 4.09. The molecule has 0 aliphatic carbocycles. The Morgan fingerprint density at radius 3 is 2.52 bits per heavy atom. The maximum atomic E-state index is 12.9. The molecule has 0 saturated carbocycles. The first-order chi connectivity index (χ1) is 16.0. The number of nitrogens with one attached hydrogen (secondary N) is 1. The van der Waals surface area contributed by atoms with E-state index in [1.807, 2.05) is 51.9 Å². The second-order valence-corrected chi connectivity index (χ2v) is 9.39. The largest absolute Gasteiger partial charge is 0.342 e. The number of fused-ring (bicyclic) bond motifs is 1. The Balaban J connectivity index is 1.23. The standard InChI is InChI=1S/C26H29N5O2/c1-19-7-9-20(10-8-19)17-23(32)30-15-13-26(18-30)12-11-22-28-29-24(31(22)16-14-26)25(33)27-21-5-3-2-4-6-21/h2-10H,11-18H2,1H3,(H,27,33). The minimum Gasteiger partial charge on any atom is -0.342 e. The number of rotatable bonds is 4. The average Bonchev–Trinajstić information content (AvgIpc) is 3.39. The molecule has 1 spiro atoms. The van der Waals surface area contributed by atoms with Gasteiger partial charge < -0.3 is 14.8 Å². The van der Waals surface area contributed by atoms with E-state index >= 15 is 0 Å². The fraction of sp³-hybridized carbons (Fsp3) is 0.385. The van der Waals surface area contributed by atoms with E-state index in [4.69, 9.17) is 0 Å². The van der Waals surface area contributed by atoms with Gasteiger partial charge in [0.1, 0.15) is 5.82 Å².